The minimum absolute atomic E-state index is 0.220. The van der Waals surface area contributed by atoms with Gasteiger partial charge in [-0.15, -0.1) is 0 Å². The molecule has 1 aliphatic heterocycles. The van der Waals surface area contributed by atoms with Gasteiger partial charge in [0.25, 0.3) is 5.91 Å². The fourth-order valence-corrected chi connectivity index (χ4v) is 3.07. The summed E-state index contributed by atoms with van der Waals surface area (Å²) in [7, 11) is 0. The van der Waals surface area contributed by atoms with Gasteiger partial charge in [-0.05, 0) is 42.8 Å². The highest BCUT2D eigenvalue weighted by Crippen LogP contribution is 2.25. The minimum Gasteiger partial charge on any atom is -0.368 e. The minimum atomic E-state index is -0.700. The fraction of sp³-hybridized carbons (Fsp3) is 0.278. The van der Waals surface area contributed by atoms with Gasteiger partial charge in [-0.1, -0.05) is 17.7 Å². The Balaban J connectivity index is 1.72. The van der Waals surface area contributed by atoms with Crippen molar-refractivity contribution in [2.75, 3.05) is 31.1 Å². The lowest BCUT2D eigenvalue weighted by molar-refractivity contribution is 0.0741. The lowest BCUT2D eigenvalue weighted by Crippen LogP contribution is -2.49. The van der Waals surface area contributed by atoms with Crippen LogP contribution in [0.15, 0.2) is 36.4 Å². The summed E-state index contributed by atoms with van der Waals surface area (Å²) < 4.78 is 27.1. The third-order valence-corrected chi connectivity index (χ3v) is 4.47. The molecule has 1 amide bonds. The molecular weight excluding hydrogens is 334 g/mol. The molecule has 2 aromatic carbocycles. The van der Waals surface area contributed by atoms with Crippen molar-refractivity contribution < 1.29 is 13.6 Å². The van der Waals surface area contributed by atoms with Crippen LogP contribution in [-0.2, 0) is 0 Å². The summed E-state index contributed by atoms with van der Waals surface area (Å²) in [5, 5.41) is 0.663. The van der Waals surface area contributed by atoms with Crippen molar-refractivity contribution in [1.82, 2.24) is 4.90 Å². The van der Waals surface area contributed by atoms with Crippen LogP contribution in [0, 0.1) is 18.6 Å². The van der Waals surface area contributed by atoms with Crippen LogP contribution < -0.4 is 4.90 Å². The van der Waals surface area contributed by atoms with Gasteiger partial charge in [-0.2, -0.15) is 0 Å². The summed E-state index contributed by atoms with van der Waals surface area (Å²) in [6.45, 7) is 4.13. The average Bonchev–Trinajstić information content (AvgIpc) is 2.59. The molecule has 1 heterocycles. The molecule has 6 heteroatoms. The Kier molecular flexibility index (Phi) is 4.71. The van der Waals surface area contributed by atoms with Gasteiger partial charge in [0.2, 0.25) is 0 Å². The normalized spacial score (nSPS) is 14.8. The zero-order chi connectivity index (χ0) is 17.3. The molecule has 0 aliphatic carbocycles. The van der Waals surface area contributed by atoms with E-state index in [2.05, 4.69) is 4.90 Å². The number of halogens is 3. The number of rotatable bonds is 2. The van der Waals surface area contributed by atoms with Crippen LogP contribution in [0.2, 0.25) is 5.02 Å². The lowest BCUT2D eigenvalue weighted by Gasteiger charge is -2.37. The molecule has 126 valence electrons. The van der Waals surface area contributed by atoms with Crippen molar-refractivity contribution in [2.24, 2.45) is 0 Å². The molecule has 0 radical (unpaired) electrons. The third kappa shape index (κ3) is 3.36. The molecule has 24 heavy (non-hydrogen) atoms. The van der Waals surface area contributed by atoms with Crippen molar-refractivity contribution in [3.63, 3.8) is 0 Å². The molecule has 0 atom stereocenters. The van der Waals surface area contributed by atoms with Crippen LogP contribution in [0.1, 0.15) is 15.9 Å². The number of piperazine rings is 1. The topological polar surface area (TPSA) is 23.6 Å². The summed E-state index contributed by atoms with van der Waals surface area (Å²) in [6.07, 6.45) is 0. The molecule has 0 spiro atoms. The highest BCUT2D eigenvalue weighted by Gasteiger charge is 2.25. The maximum absolute atomic E-state index is 13.8. The van der Waals surface area contributed by atoms with E-state index >= 15 is 0 Å². The van der Waals surface area contributed by atoms with Gasteiger partial charge in [0.05, 0.1) is 5.56 Å². The highest BCUT2D eigenvalue weighted by atomic mass is 35.5. The predicted molar refractivity (Wildman–Crippen MR) is 90.7 cm³/mol. The SMILES string of the molecule is Cc1ccc(Cl)cc1N1CCN(C(=O)c2cc(F)ccc2F)CC1. The summed E-state index contributed by atoms with van der Waals surface area (Å²) in [6, 6.07) is 8.64. The quantitative estimate of drug-likeness (QED) is 0.820. The summed E-state index contributed by atoms with van der Waals surface area (Å²) in [5.74, 6) is -1.79. The van der Waals surface area contributed by atoms with Gasteiger partial charge in [-0.3, -0.25) is 4.79 Å². The first-order valence-electron chi connectivity index (χ1n) is 7.71. The van der Waals surface area contributed by atoms with E-state index < -0.39 is 17.5 Å². The van der Waals surface area contributed by atoms with Gasteiger partial charge < -0.3 is 9.80 Å². The van der Waals surface area contributed by atoms with Gasteiger partial charge >= 0.3 is 0 Å². The largest absolute Gasteiger partial charge is 0.368 e. The van der Waals surface area contributed by atoms with Crippen LogP contribution in [0.3, 0.4) is 0 Å². The van der Waals surface area contributed by atoms with Crippen molar-refractivity contribution in [1.29, 1.82) is 0 Å². The maximum Gasteiger partial charge on any atom is 0.257 e. The van der Waals surface area contributed by atoms with E-state index in [1.807, 2.05) is 25.1 Å². The van der Waals surface area contributed by atoms with Crippen LogP contribution >= 0.6 is 11.6 Å². The van der Waals surface area contributed by atoms with Crippen molar-refractivity contribution in [2.45, 2.75) is 6.92 Å². The zero-order valence-corrected chi connectivity index (χ0v) is 14.0. The number of aryl methyl sites for hydroxylation is 1. The summed E-state index contributed by atoms with van der Waals surface area (Å²) in [4.78, 5) is 16.1. The Hall–Kier alpha value is -2.14. The van der Waals surface area contributed by atoms with E-state index in [0.29, 0.717) is 31.2 Å². The number of nitrogens with zero attached hydrogens (tertiary/aromatic N) is 2. The van der Waals surface area contributed by atoms with Crippen molar-refractivity contribution >= 4 is 23.2 Å². The Morgan fingerprint density at radius 1 is 1.04 bits per heavy atom. The first-order valence-corrected chi connectivity index (χ1v) is 8.09. The Labute approximate surface area is 144 Å². The van der Waals surface area contributed by atoms with E-state index in [0.717, 1.165) is 29.4 Å². The number of hydrogen-bond donors (Lipinski definition) is 0. The first-order chi connectivity index (χ1) is 11.5. The number of carbonyl (C=O) groups is 1. The van der Waals surface area contributed by atoms with Crippen LogP contribution in [0.4, 0.5) is 14.5 Å². The molecule has 2 aromatic rings. The number of carbonyl (C=O) groups excluding carboxylic acids is 1. The van der Waals surface area contributed by atoms with Crippen molar-refractivity contribution in [3.05, 3.63) is 64.2 Å². The van der Waals surface area contributed by atoms with E-state index in [1.54, 1.807) is 4.90 Å². The molecule has 3 rings (SSSR count). The van der Waals surface area contributed by atoms with Gasteiger partial charge in [0, 0.05) is 36.9 Å². The first kappa shape index (κ1) is 16.7. The Morgan fingerprint density at radius 3 is 2.46 bits per heavy atom. The van der Waals surface area contributed by atoms with Crippen molar-refractivity contribution in [3.8, 4) is 0 Å². The van der Waals surface area contributed by atoms with Crippen LogP contribution in [0.25, 0.3) is 0 Å². The molecule has 0 aromatic heterocycles. The number of amides is 1. The maximum atomic E-state index is 13.8. The molecule has 1 aliphatic rings. The Bertz CT molecular complexity index is 774. The second-order valence-electron chi connectivity index (χ2n) is 5.83. The standard InChI is InChI=1S/C18H17ClF2N2O/c1-12-2-3-13(19)10-17(12)22-6-8-23(9-7-22)18(24)15-11-14(20)4-5-16(15)21/h2-5,10-11H,6-9H2,1H3. The number of benzene rings is 2. The molecule has 1 fully saturated rings. The molecule has 0 saturated carbocycles. The summed E-state index contributed by atoms with van der Waals surface area (Å²) in [5.41, 5.74) is 1.92. The second kappa shape index (κ2) is 6.77. The Morgan fingerprint density at radius 2 is 1.75 bits per heavy atom. The lowest BCUT2D eigenvalue weighted by atomic mass is 10.1. The molecule has 1 saturated heterocycles. The van der Waals surface area contributed by atoms with E-state index in [9.17, 15) is 13.6 Å². The van der Waals surface area contributed by atoms with E-state index in [4.69, 9.17) is 11.6 Å². The third-order valence-electron chi connectivity index (χ3n) is 4.24. The fourth-order valence-electron chi connectivity index (χ4n) is 2.91. The highest BCUT2D eigenvalue weighted by molar-refractivity contribution is 6.30. The molecule has 0 N–H and O–H groups in total. The number of hydrogen-bond acceptors (Lipinski definition) is 2. The number of anilines is 1. The predicted octanol–water partition coefficient (Wildman–Crippen LogP) is 3.89. The van der Waals surface area contributed by atoms with Gasteiger partial charge in [0.15, 0.2) is 0 Å². The van der Waals surface area contributed by atoms with Crippen LogP contribution in [-0.4, -0.2) is 37.0 Å². The monoisotopic (exact) mass is 350 g/mol. The average molecular weight is 351 g/mol. The van der Waals surface area contributed by atoms with E-state index in [-0.39, 0.29) is 5.56 Å². The second-order valence-corrected chi connectivity index (χ2v) is 6.27. The molecule has 3 nitrogen and oxygen atoms in total. The summed E-state index contributed by atoms with van der Waals surface area (Å²) >= 11 is 6.06. The van der Waals surface area contributed by atoms with Gasteiger partial charge in [-0.25, -0.2) is 8.78 Å². The molecular formula is C18H17ClF2N2O. The molecule has 0 unspecified atom stereocenters. The van der Waals surface area contributed by atoms with Gasteiger partial charge in [0.1, 0.15) is 11.6 Å². The van der Waals surface area contributed by atoms with Crippen LogP contribution in [0.5, 0.6) is 0 Å². The molecule has 0 bridgehead atoms. The smallest absolute Gasteiger partial charge is 0.257 e. The van der Waals surface area contributed by atoms with E-state index in [1.165, 1.54) is 0 Å². The zero-order valence-electron chi connectivity index (χ0n) is 13.2.